The van der Waals surface area contributed by atoms with Crippen molar-refractivity contribution in [1.29, 1.82) is 0 Å². The van der Waals surface area contributed by atoms with Gasteiger partial charge in [-0.3, -0.25) is 0 Å². The Morgan fingerprint density at radius 2 is 1.65 bits per heavy atom. The monoisotopic (exact) mass is 314 g/mol. The first-order valence-electron chi connectivity index (χ1n) is 6.41. The normalized spacial score (nSPS) is 13.1. The number of hydrogen-bond donors (Lipinski definition) is 0. The van der Waals surface area contributed by atoms with Gasteiger partial charge in [0.25, 0.3) is 0 Å². The number of thiophene rings is 2. The third kappa shape index (κ3) is 1.96. The van der Waals surface area contributed by atoms with Crippen LogP contribution in [0.25, 0.3) is 20.2 Å². The summed E-state index contributed by atoms with van der Waals surface area (Å²) in [6, 6.07) is 19.1. The van der Waals surface area contributed by atoms with Crippen molar-refractivity contribution in [3.63, 3.8) is 0 Å². The average molecular weight is 315 g/mol. The van der Waals surface area contributed by atoms with Gasteiger partial charge < -0.3 is 0 Å². The summed E-state index contributed by atoms with van der Waals surface area (Å²) in [6.07, 6.45) is 0. The first kappa shape index (κ1) is 12.4. The Morgan fingerprint density at radius 1 is 0.900 bits per heavy atom. The van der Waals surface area contributed by atoms with Crippen LogP contribution in [0.3, 0.4) is 0 Å². The second kappa shape index (κ2) is 4.88. The molecule has 0 spiro atoms. The van der Waals surface area contributed by atoms with Gasteiger partial charge in [0.2, 0.25) is 0 Å². The molecule has 1 unspecified atom stereocenters. The van der Waals surface area contributed by atoms with Gasteiger partial charge in [-0.2, -0.15) is 0 Å². The lowest BCUT2D eigenvalue weighted by atomic mass is 10.1. The van der Waals surface area contributed by atoms with Crippen LogP contribution in [0.1, 0.15) is 15.8 Å². The lowest BCUT2D eigenvalue weighted by Crippen LogP contribution is -1.87. The summed E-state index contributed by atoms with van der Waals surface area (Å²) in [5, 5.41) is 4.67. The largest absolute Gasteiger partial charge is 0.143 e. The molecule has 0 aliphatic carbocycles. The van der Waals surface area contributed by atoms with Crippen LogP contribution in [0.15, 0.2) is 60.0 Å². The highest BCUT2D eigenvalue weighted by Gasteiger charge is 2.17. The van der Waals surface area contributed by atoms with Crippen LogP contribution in [0.4, 0.5) is 0 Å². The molecule has 2 aromatic heterocycles. The molecule has 3 heteroatoms. The van der Waals surface area contributed by atoms with E-state index in [4.69, 9.17) is 11.6 Å². The van der Waals surface area contributed by atoms with E-state index in [1.165, 1.54) is 30.6 Å². The molecule has 0 saturated heterocycles. The van der Waals surface area contributed by atoms with Gasteiger partial charge in [-0.15, -0.1) is 34.3 Å². The van der Waals surface area contributed by atoms with Crippen LogP contribution in [0.2, 0.25) is 0 Å². The SMILES string of the molecule is ClC(c1cc2ccccc2s1)c1csc2ccccc12. The molecule has 0 bridgehead atoms. The summed E-state index contributed by atoms with van der Waals surface area (Å²) in [5.41, 5.74) is 1.22. The number of alkyl halides is 1. The zero-order valence-corrected chi connectivity index (χ0v) is 12.9. The lowest BCUT2D eigenvalue weighted by Gasteiger charge is -2.05. The topological polar surface area (TPSA) is 0 Å². The Balaban J connectivity index is 1.85. The molecule has 20 heavy (non-hydrogen) atoms. The van der Waals surface area contributed by atoms with Crippen LogP contribution in [0.5, 0.6) is 0 Å². The van der Waals surface area contributed by atoms with Gasteiger partial charge >= 0.3 is 0 Å². The van der Waals surface area contributed by atoms with Crippen LogP contribution in [-0.2, 0) is 0 Å². The van der Waals surface area contributed by atoms with Crippen molar-refractivity contribution in [3.8, 4) is 0 Å². The molecule has 0 N–H and O–H groups in total. The highest BCUT2D eigenvalue weighted by molar-refractivity contribution is 7.19. The Morgan fingerprint density at radius 3 is 2.50 bits per heavy atom. The first-order valence-corrected chi connectivity index (χ1v) is 8.55. The molecular weight excluding hydrogens is 304 g/mol. The van der Waals surface area contributed by atoms with Crippen molar-refractivity contribution in [3.05, 3.63) is 70.4 Å². The van der Waals surface area contributed by atoms with Gasteiger partial charge in [0, 0.05) is 14.3 Å². The molecule has 0 aliphatic rings. The summed E-state index contributed by atoms with van der Waals surface area (Å²) in [5.74, 6) is 0. The van der Waals surface area contributed by atoms with Crippen LogP contribution in [0, 0.1) is 0 Å². The van der Waals surface area contributed by atoms with E-state index < -0.39 is 0 Å². The summed E-state index contributed by atoms with van der Waals surface area (Å²) < 4.78 is 2.60. The fraction of sp³-hybridized carbons (Fsp3) is 0.0588. The van der Waals surface area contributed by atoms with Crippen molar-refractivity contribution >= 4 is 54.4 Å². The molecule has 0 saturated carbocycles. The van der Waals surface area contributed by atoms with Gasteiger partial charge in [0.1, 0.15) is 0 Å². The Hall–Kier alpha value is -1.35. The Labute approximate surface area is 130 Å². The zero-order valence-electron chi connectivity index (χ0n) is 10.5. The van der Waals surface area contributed by atoms with E-state index in [-0.39, 0.29) is 5.38 Å². The molecule has 0 radical (unpaired) electrons. The molecule has 2 heterocycles. The standard InChI is InChI=1S/C17H11ClS2/c18-17(13-10-19-15-8-4-2-6-12(13)15)16-9-11-5-1-3-7-14(11)20-16/h1-10,17H. The van der Waals surface area contributed by atoms with Gasteiger partial charge in [-0.25, -0.2) is 0 Å². The maximum atomic E-state index is 6.74. The Kier molecular flexibility index (Phi) is 3.03. The minimum Gasteiger partial charge on any atom is -0.143 e. The van der Waals surface area contributed by atoms with Crippen molar-refractivity contribution in [1.82, 2.24) is 0 Å². The predicted molar refractivity (Wildman–Crippen MR) is 91.3 cm³/mol. The average Bonchev–Trinajstić information content (AvgIpc) is 3.10. The lowest BCUT2D eigenvalue weighted by molar-refractivity contribution is 1.22. The summed E-state index contributed by atoms with van der Waals surface area (Å²) in [6.45, 7) is 0. The maximum Gasteiger partial charge on any atom is 0.0942 e. The van der Waals surface area contributed by atoms with Gasteiger partial charge in [-0.05, 0) is 39.9 Å². The highest BCUT2D eigenvalue weighted by atomic mass is 35.5. The van der Waals surface area contributed by atoms with E-state index >= 15 is 0 Å². The number of halogens is 1. The third-order valence-electron chi connectivity index (χ3n) is 3.48. The molecule has 1 atom stereocenters. The fourth-order valence-electron chi connectivity index (χ4n) is 2.48. The minimum atomic E-state index is -0.0662. The molecule has 0 nitrogen and oxygen atoms in total. The molecular formula is C17H11ClS2. The molecule has 98 valence electrons. The van der Waals surface area contributed by atoms with E-state index in [1.807, 2.05) is 0 Å². The van der Waals surface area contributed by atoms with Gasteiger partial charge in [-0.1, -0.05) is 36.4 Å². The minimum absolute atomic E-state index is 0.0662. The van der Waals surface area contributed by atoms with E-state index in [0.717, 1.165) is 0 Å². The number of fused-ring (bicyclic) bond motifs is 2. The number of hydrogen-bond acceptors (Lipinski definition) is 2. The number of benzene rings is 2. The maximum absolute atomic E-state index is 6.74. The number of rotatable bonds is 2. The van der Waals surface area contributed by atoms with Crippen molar-refractivity contribution < 1.29 is 0 Å². The highest BCUT2D eigenvalue weighted by Crippen LogP contribution is 2.41. The van der Waals surface area contributed by atoms with E-state index in [1.54, 1.807) is 22.7 Å². The second-order valence-corrected chi connectivity index (χ2v) is 7.20. The van der Waals surface area contributed by atoms with Gasteiger partial charge in [0.05, 0.1) is 5.38 Å². The van der Waals surface area contributed by atoms with Crippen molar-refractivity contribution in [2.45, 2.75) is 5.38 Å². The zero-order chi connectivity index (χ0) is 13.5. The van der Waals surface area contributed by atoms with Crippen molar-refractivity contribution in [2.24, 2.45) is 0 Å². The molecule has 0 aliphatic heterocycles. The molecule has 0 amide bonds. The van der Waals surface area contributed by atoms with E-state index in [2.05, 4.69) is 60.0 Å². The fourth-order valence-corrected chi connectivity index (χ4v) is 4.98. The molecule has 0 fully saturated rings. The smallest absolute Gasteiger partial charge is 0.0942 e. The van der Waals surface area contributed by atoms with Crippen LogP contribution >= 0.6 is 34.3 Å². The summed E-state index contributed by atoms with van der Waals surface area (Å²) in [7, 11) is 0. The quantitative estimate of drug-likeness (QED) is 0.373. The summed E-state index contributed by atoms with van der Waals surface area (Å²) in [4.78, 5) is 1.22. The molecule has 2 aromatic carbocycles. The van der Waals surface area contributed by atoms with Crippen LogP contribution < -0.4 is 0 Å². The predicted octanol–water partition coefficient (Wildman–Crippen LogP) is 6.44. The third-order valence-corrected chi connectivity index (χ3v) is 6.24. The Bertz CT molecular complexity index is 855. The molecule has 4 aromatic rings. The van der Waals surface area contributed by atoms with Crippen LogP contribution in [-0.4, -0.2) is 0 Å². The van der Waals surface area contributed by atoms with Gasteiger partial charge in [0.15, 0.2) is 0 Å². The first-order chi connectivity index (χ1) is 9.83. The summed E-state index contributed by atoms with van der Waals surface area (Å²) >= 11 is 10.3. The molecule has 4 rings (SSSR count). The van der Waals surface area contributed by atoms with E-state index in [0.29, 0.717) is 0 Å². The van der Waals surface area contributed by atoms with E-state index in [9.17, 15) is 0 Å². The van der Waals surface area contributed by atoms with Crippen molar-refractivity contribution in [2.75, 3.05) is 0 Å². The second-order valence-electron chi connectivity index (χ2n) is 4.74.